The lowest BCUT2D eigenvalue weighted by molar-refractivity contribution is -0.119. The van der Waals surface area contributed by atoms with Gasteiger partial charge in [-0.1, -0.05) is 6.08 Å². The second kappa shape index (κ2) is 4.04. The van der Waals surface area contributed by atoms with Crippen LogP contribution in [0.4, 0.5) is 4.39 Å². The molecule has 1 aliphatic carbocycles. The minimum atomic E-state index is -0.211. The van der Waals surface area contributed by atoms with E-state index in [1.807, 2.05) is 0 Å². The van der Waals surface area contributed by atoms with Crippen molar-refractivity contribution in [2.45, 2.75) is 13.3 Å². The summed E-state index contributed by atoms with van der Waals surface area (Å²) >= 11 is 0. The molecule has 1 amide bonds. The molecule has 0 radical (unpaired) electrons. The molecule has 1 atom stereocenters. The first-order chi connectivity index (χ1) is 5.68. The molecule has 1 rings (SSSR count). The summed E-state index contributed by atoms with van der Waals surface area (Å²) in [6, 6.07) is 0. The van der Waals surface area contributed by atoms with Crippen molar-refractivity contribution in [3.8, 4) is 0 Å². The van der Waals surface area contributed by atoms with Gasteiger partial charge in [0.1, 0.15) is 5.83 Å². The minimum Gasteiger partial charge on any atom is -0.356 e. The third-order valence-electron chi connectivity index (χ3n) is 1.72. The van der Waals surface area contributed by atoms with E-state index in [-0.39, 0.29) is 17.7 Å². The first-order valence-corrected chi connectivity index (χ1v) is 3.97. The number of allylic oxidation sites excluding steroid dienone is 3. The van der Waals surface area contributed by atoms with Crippen LogP contribution in [0.3, 0.4) is 0 Å². The summed E-state index contributed by atoms with van der Waals surface area (Å²) in [5.74, 6) is -0.172. The van der Waals surface area contributed by atoms with Crippen molar-refractivity contribution < 1.29 is 9.18 Å². The molecular formula is C9H12FNO. The van der Waals surface area contributed by atoms with Crippen LogP contribution in [0.15, 0.2) is 24.1 Å². The minimum absolute atomic E-state index is 0.0710. The molecule has 1 aliphatic rings. The Kier molecular flexibility index (Phi) is 3.02. The molecular weight excluding hydrogens is 157 g/mol. The van der Waals surface area contributed by atoms with Crippen molar-refractivity contribution in [2.24, 2.45) is 5.92 Å². The van der Waals surface area contributed by atoms with Crippen LogP contribution in [0.25, 0.3) is 0 Å². The number of hydrogen-bond acceptors (Lipinski definition) is 1. The van der Waals surface area contributed by atoms with E-state index in [2.05, 4.69) is 5.32 Å². The maximum absolute atomic E-state index is 12.6. The van der Waals surface area contributed by atoms with Gasteiger partial charge in [-0.2, -0.15) is 0 Å². The molecule has 0 aromatic rings. The lowest BCUT2D eigenvalue weighted by Gasteiger charge is -2.13. The molecule has 1 unspecified atom stereocenters. The highest BCUT2D eigenvalue weighted by atomic mass is 19.1. The zero-order valence-electron chi connectivity index (χ0n) is 7.01. The molecule has 0 aromatic carbocycles. The molecule has 0 aliphatic heterocycles. The summed E-state index contributed by atoms with van der Waals surface area (Å²) < 4.78 is 12.6. The van der Waals surface area contributed by atoms with Crippen molar-refractivity contribution in [3.05, 3.63) is 24.1 Å². The van der Waals surface area contributed by atoms with E-state index >= 15 is 0 Å². The second-order valence-corrected chi connectivity index (χ2v) is 2.89. The summed E-state index contributed by atoms with van der Waals surface area (Å²) in [6.07, 6.45) is 5.57. The highest BCUT2D eigenvalue weighted by Crippen LogP contribution is 2.16. The maximum atomic E-state index is 12.6. The van der Waals surface area contributed by atoms with Gasteiger partial charge >= 0.3 is 0 Å². The Morgan fingerprint density at radius 1 is 1.83 bits per heavy atom. The van der Waals surface area contributed by atoms with E-state index in [0.717, 1.165) is 6.42 Å². The van der Waals surface area contributed by atoms with E-state index < -0.39 is 0 Å². The summed E-state index contributed by atoms with van der Waals surface area (Å²) in [4.78, 5) is 10.5. The van der Waals surface area contributed by atoms with Crippen LogP contribution < -0.4 is 5.32 Å². The molecule has 0 bridgehead atoms. The number of halogens is 1. The van der Waals surface area contributed by atoms with Gasteiger partial charge in [-0.15, -0.1) is 0 Å². The van der Waals surface area contributed by atoms with Crippen LogP contribution >= 0.6 is 0 Å². The Bertz CT molecular complexity index is 233. The van der Waals surface area contributed by atoms with Crippen LogP contribution in [0.2, 0.25) is 0 Å². The molecule has 0 aromatic heterocycles. The molecule has 0 saturated carbocycles. The SMILES string of the molecule is CC(=O)NCC1C=C(F)C=CC1. The Morgan fingerprint density at radius 2 is 2.58 bits per heavy atom. The van der Waals surface area contributed by atoms with E-state index in [9.17, 15) is 9.18 Å². The Labute approximate surface area is 71.2 Å². The van der Waals surface area contributed by atoms with Gasteiger partial charge in [0.05, 0.1) is 0 Å². The van der Waals surface area contributed by atoms with Crippen LogP contribution in [-0.4, -0.2) is 12.5 Å². The molecule has 0 fully saturated rings. The number of carbonyl (C=O) groups excluding carboxylic acids is 1. The number of hydrogen-bond donors (Lipinski definition) is 1. The van der Waals surface area contributed by atoms with Crippen molar-refractivity contribution in [2.75, 3.05) is 6.54 Å². The predicted octanol–water partition coefficient (Wildman–Crippen LogP) is 1.55. The average molecular weight is 169 g/mol. The largest absolute Gasteiger partial charge is 0.356 e. The molecule has 1 N–H and O–H groups in total. The number of amides is 1. The number of nitrogens with one attached hydrogen (secondary N) is 1. The molecule has 0 saturated heterocycles. The molecule has 3 heteroatoms. The summed E-state index contributed by atoms with van der Waals surface area (Å²) in [5.41, 5.74) is 0. The fraction of sp³-hybridized carbons (Fsp3) is 0.444. The van der Waals surface area contributed by atoms with Gasteiger partial charge in [0.15, 0.2) is 0 Å². The maximum Gasteiger partial charge on any atom is 0.216 e. The van der Waals surface area contributed by atoms with Gasteiger partial charge in [-0.05, 0) is 18.6 Å². The van der Waals surface area contributed by atoms with E-state index in [0.29, 0.717) is 6.54 Å². The van der Waals surface area contributed by atoms with Crippen molar-refractivity contribution in [1.82, 2.24) is 5.32 Å². The van der Waals surface area contributed by atoms with Crippen molar-refractivity contribution >= 4 is 5.91 Å². The van der Waals surface area contributed by atoms with Crippen molar-refractivity contribution in [3.63, 3.8) is 0 Å². The fourth-order valence-electron chi connectivity index (χ4n) is 1.12. The molecule has 0 heterocycles. The van der Waals surface area contributed by atoms with Gasteiger partial charge < -0.3 is 5.32 Å². The molecule has 66 valence electrons. The third kappa shape index (κ3) is 2.86. The van der Waals surface area contributed by atoms with Gasteiger partial charge in [-0.25, -0.2) is 4.39 Å². The van der Waals surface area contributed by atoms with E-state index in [1.165, 1.54) is 19.1 Å². The first kappa shape index (κ1) is 8.97. The molecule has 0 spiro atoms. The number of carbonyl (C=O) groups is 1. The van der Waals surface area contributed by atoms with Crippen LogP contribution in [0.1, 0.15) is 13.3 Å². The normalized spacial score (nSPS) is 21.8. The fourth-order valence-corrected chi connectivity index (χ4v) is 1.12. The van der Waals surface area contributed by atoms with Crippen LogP contribution in [-0.2, 0) is 4.79 Å². The first-order valence-electron chi connectivity index (χ1n) is 3.97. The second-order valence-electron chi connectivity index (χ2n) is 2.89. The smallest absolute Gasteiger partial charge is 0.216 e. The Hall–Kier alpha value is -1.12. The van der Waals surface area contributed by atoms with Crippen LogP contribution in [0.5, 0.6) is 0 Å². The highest BCUT2D eigenvalue weighted by Gasteiger charge is 2.08. The van der Waals surface area contributed by atoms with E-state index in [4.69, 9.17) is 0 Å². The third-order valence-corrected chi connectivity index (χ3v) is 1.72. The number of rotatable bonds is 2. The van der Waals surface area contributed by atoms with Crippen LogP contribution in [0, 0.1) is 5.92 Å². The molecule has 12 heavy (non-hydrogen) atoms. The summed E-state index contributed by atoms with van der Waals surface area (Å²) in [5, 5.41) is 2.65. The Balaban J connectivity index is 2.35. The van der Waals surface area contributed by atoms with Gasteiger partial charge in [0, 0.05) is 19.4 Å². The van der Waals surface area contributed by atoms with Gasteiger partial charge in [-0.3, -0.25) is 4.79 Å². The summed E-state index contributed by atoms with van der Waals surface area (Å²) in [7, 11) is 0. The Morgan fingerprint density at radius 3 is 3.17 bits per heavy atom. The van der Waals surface area contributed by atoms with Gasteiger partial charge in [0.2, 0.25) is 5.91 Å². The topological polar surface area (TPSA) is 29.1 Å². The zero-order chi connectivity index (χ0) is 8.97. The van der Waals surface area contributed by atoms with Crippen molar-refractivity contribution in [1.29, 1.82) is 0 Å². The average Bonchev–Trinajstić information content (AvgIpc) is 2.01. The standard InChI is InChI=1S/C9H12FNO/c1-7(12)11-6-8-3-2-4-9(10)5-8/h2,4-5,8H,3,6H2,1H3,(H,11,12). The lowest BCUT2D eigenvalue weighted by Crippen LogP contribution is -2.26. The summed E-state index contributed by atoms with van der Waals surface area (Å²) in [6.45, 7) is 1.98. The van der Waals surface area contributed by atoms with Gasteiger partial charge in [0.25, 0.3) is 0 Å². The monoisotopic (exact) mass is 169 g/mol. The predicted molar refractivity (Wildman–Crippen MR) is 45.1 cm³/mol. The lowest BCUT2D eigenvalue weighted by atomic mass is 10.0. The quantitative estimate of drug-likeness (QED) is 0.667. The molecule has 2 nitrogen and oxygen atoms in total. The van der Waals surface area contributed by atoms with E-state index in [1.54, 1.807) is 6.08 Å². The zero-order valence-corrected chi connectivity index (χ0v) is 7.01. The highest BCUT2D eigenvalue weighted by molar-refractivity contribution is 5.72.